The number of aryl methyl sites for hydroxylation is 1. The Kier molecular flexibility index (Phi) is 3.83. The lowest BCUT2D eigenvalue weighted by molar-refractivity contribution is -0.122. The molecule has 0 radical (unpaired) electrons. The van der Waals surface area contributed by atoms with E-state index in [-0.39, 0.29) is 23.7 Å². The van der Waals surface area contributed by atoms with Crippen LogP contribution in [0.5, 0.6) is 0 Å². The van der Waals surface area contributed by atoms with Gasteiger partial charge in [-0.05, 0) is 50.5 Å². The highest BCUT2D eigenvalue weighted by atomic mass is 19.1. The SMILES string of the molecule is Cc1cc(F)ccc1C(=O)NC(C)C(=O)NC1CC1. The summed E-state index contributed by atoms with van der Waals surface area (Å²) < 4.78 is 13.0. The van der Waals surface area contributed by atoms with Crippen LogP contribution in [0.25, 0.3) is 0 Å². The van der Waals surface area contributed by atoms with Crippen LogP contribution in [0, 0.1) is 12.7 Å². The van der Waals surface area contributed by atoms with Crippen LogP contribution in [-0.4, -0.2) is 23.9 Å². The van der Waals surface area contributed by atoms with E-state index in [2.05, 4.69) is 10.6 Å². The van der Waals surface area contributed by atoms with Crippen LogP contribution in [0.1, 0.15) is 35.7 Å². The molecule has 0 aromatic heterocycles. The molecule has 19 heavy (non-hydrogen) atoms. The number of hydrogen-bond acceptors (Lipinski definition) is 2. The Bertz CT molecular complexity index is 512. The zero-order valence-corrected chi connectivity index (χ0v) is 11.0. The molecule has 1 saturated carbocycles. The van der Waals surface area contributed by atoms with Gasteiger partial charge in [0.1, 0.15) is 11.9 Å². The number of carbonyl (C=O) groups is 2. The molecule has 1 atom stereocenters. The first-order chi connectivity index (χ1) is 8.97. The molecular formula is C14H17FN2O2. The van der Waals surface area contributed by atoms with E-state index in [9.17, 15) is 14.0 Å². The van der Waals surface area contributed by atoms with Gasteiger partial charge in [-0.25, -0.2) is 4.39 Å². The minimum absolute atomic E-state index is 0.185. The van der Waals surface area contributed by atoms with Gasteiger partial charge in [-0.1, -0.05) is 0 Å². The van der Waals surface area contributed by atoms with Gasteiger partial charge in [0.25, 0.3) is 5.91 Å². The molecule has 1 aromatic rings. The summed E-state index contributed by atoms with van der Waals surface area (Å²) in [5, 5.41) is 5.44. The fraction of sp³-hybridized carbons (Fsp3) is 0.429. The Morgan fingerprint density at radius 1 is 1.37 bits per heavy atom. The first-order valence-electron chi connectivity index (χ1n) is 6.35. The number of nitrogens with one attached hydrogen (secondary N) is 2. The summed E-state index contributed by atoms with van der Waals surface area (Å²) in [4.78, 5) is 23.7. The van der Waals surface area contributed by atoms with Crippen LogP contribution < -0.4 is 10.6 Å². The number of hydrogen-bond donors (Lipinski definition) is 2. The van der Waals surface area contributed by atoms with Gasteiger partial charge in [0.2, 0.25) is 5.91 Å². The number of amides is 2. The molecule has 1 aliphatic carbocycles. The van der Waals surface area contributed by atoms with Crippen LogP contribution in [0.4, 0.5) is 4.39 Å². The fourth-order valence-electron chi connectivity index (χ4n) is 1.78. The maximum atomic E-state index is 13.0. The smallest absolute Gasteiger partial charge is 0.252 e. The van der Waals surface area contributed by atoms with Gasteiger partial charge in [-0.3, -0.25) is 9.59 Å². The van der Waals surface area contributed by atoms with Crippen molar-refractivity contribution in [2.45, 2.75) is 38.8 Å². The molecule has 102 valence electrons. The summed E-state index contributed by atoms with van der Waals surface area (Å²) in [5.41, 5.74) is 0.930. The monoisotopic (exact) mass is 264 g/mol. The van der Waals surface area contributed by atoms with Crippen molar-refractivity contribution >= 4 is 11.8 Å². The molecule has 4 nitrogen and oxygen atoms in total. The first kappa shape index (κ1) is 13.5. The number of benzene rings is 1. The number of halogens is 1. The van der Waals surface area contributed by atoms with Crippen molar-refractivity contribution in [3.05, 3.63) is 35.1 Å². The van der Waals surface area contributed by atoms with Crippen molar-refractivity contribution in [1.82, 2.24) is 10.6 Å². The molecule has 0 heterocycles. The average molecular weight is 264 g/mol. The van der Waals surface area contributed by atoms with E-state index in [1.807, 2.05) is 0 Å². The van der Waals surface area contributed by atoms with Crippen molar-refractivity contribution in [3.63, 3.8) is 0 Å². The minimum atomic E-state index is -0.599. The standard InChI is InChI=1S/C14H17FN2O2/c1-8-7-10(15)3-6-12(8)14(19)16-9(2)13(18)17-11-4-5-11/h3,6-7,9,11H,4-5H2,1-2H3,(H,16,19)(H,17,18). The normalized spacial score (nSPS) is 15.7. The summed E-state index contributed by atoms with van der Waals surface area (Å²) in [6, 6.07) is 3.61. The second kappa shape index (κ2) is 5.38. The molecule has 0 bridgehead atoms. The molecule has 0 aliphatic heterocycles. The summed E-state index contributed by atoms with van der Waals surface area (Å²) >= 11 is 0. The Morgan fingerprint density at radius 3 is 2.63 bits per heavy atom. The van der Waals surface area contributed by atoms with E-state index in [0.717, 1.165) is 12.8 Å². The average Bonchev–Trinajstić information content (AvgIpc) is 3.12. The van der Waals surface area contributed by atoms with Crippen molar-refractivity contribution < 1.29 is 14.0 Å². The van der Waals surface area contributed by atoms with Crippen LogP contribution in [0.2, 0.25) is 0 Å². The van der Waals surface area contributed by atoms with Crippen LogP contribution in [0.15, 0.2) is 18.2 Å². The largest absolute Gasteiger partial charge is 0.352 e. The Hall–Kier alpha value is -1.91. The number of rotatable bonds is 4. The lowest BCUT2D eigenvalue weighted by Gasteiger charge is -2.14. The molecule has 0 saturated heterocycles. The molecule has 1 aliphatic rings. The molecule has 1 unspecified atom stereocenters. The topological polar surface area (TPSA) is 58.2 Å². The lowest BCUT2D eigenvalue weighted by Crippen LogP contribution is -2.45. The second-order valence-corrected chi connectivity index (χ2v) is 4.94. The predicted molar refractivity (Wildman–Crippen MR) is 69.2 cm³/mol. The zero-order valence-electron chi connectivity index (χ0n) is 11.0. The zero-order chi connectivity index (χ0) is 14.0. The summed E-state index contributed by atoms with van der Waals surface area (Å²) in [7, 11) is 0. The van der Waals surface area contributed by atoms with Gasteiger partial charge in [-0.2, -0.15) is 0 Å². The van der Waals surface area contributed by atoms with Crippen LogP contribution in [0.3, 0.4) is 0 Å². The highest BCUT2D eigenvalue weighted by Gasteiger charge is 2.26. The molecule has 2 N–H and O–H groups in total. The van der Waals surface area contributed by atoms with E-state index in [0.29, 0.717) is 11.1 Å². The predicted octanol–water partition coefficient (Wildman–Crippen LogP) is 1.53. The third-order valence-corrected chi connectivity index (χ3v) is 3.10. The lowest BCUT2D eigenvalue weighted by atomic mass is 10.1. The van der Waals surface area contributed by atoms with Gasteiger partial charge < -0.3 is 10.6 Å². The van der Waals surface area contributed by atoms with Crippen LogP contribution in [-0.2, 0) is 4.79 Å². The van der Waals surface area contributed by atoms with Crippen molar-refractivity contribution in [2.24, 2.45) is 0 Å². The van der Waals surface area contributed by atoms with E-state index in [4.69, 9.17) is 0 Å². The summed E-state index contributed by atoms with van der Waals surface area (Å²) in [6.45, 7) is 3.29. The van der Waals surface area contributed by atoms with Crippen molar-refractivity contribution in [1.29, 1.82) is 0 Å². The van der Waals surface area contributed by atoms with Gasteiger partial charge in [0, 0.05) is 11.6 Å². The van der Waals surface area contributed by atoms with Crippen molar-refractivity contribution in [2.75, 3.05) is 0 Å². The van der Waals surface area contributed by atoms with Gasteiger partial charge in [-0.15, -0.1) is 0 Å². The maximum absolute atomic E-state index is 13.0. The molecule has 5 heteroatoms. The molecule has 1 aromatic carbocycles. The minimum Gasteiger partial charge on any atom is -0.352 e. The van der Waals surface area contributed by atoms with Crippen LogP contribution >= 0.6 is 0 Å². The third-order valence-electron chi connectivity index (χ3n) is 3.10. The van der Waals surface area contributed by atoms with Gasteiger partial charge in [0.05, 0.1) is 0 Å². The second-order valence-electron chi connectivity index (χ2n) is 4.94. The molecule has 1 fully saturated rings. The third kappa shape index (κ3) is 3.53. The van der Waals surface area contributed by atoms with E-state index in [1.54, 1.807) is 13.8 Å². The van der Waals surface area contributed by atoms with E-state index in [1.165, 1.54) is 18.2 Å². The number of carbonyl (C=O) groups excluding carboxylic acids is 2. The fourth-order valence-corrected chi connectivity index (χ4v) is 1.78. The first-order valence-corrected chi connectivity index (χ1v) is 6.35. The Balaban J connectivity index is 1.97. The molecule has 2 amide bonds. The maximum Gasteiger partial charge on any atom is 0.252 e. The van der Waals surface area contributed by atoms with E-state index < -0.39 is 6.04 Å². The summed E-state index contributed by atoms with van der Waals surface area (Å²) in [5.74, 6) is -0.930. The molecule has 2 rings (SSSR count). The highest BCUT2D eigenvalue weighted by molar-refractivity contribution is 5.98. The van der Waals surface area contributed by atoms with Gasteiger partial charge in [0.15, 0.2) is 0 Å². The Labute approximate surface area is 111 Å². The Morgan fingerprint density at radius 2 is 2.05 bits per heavy atom. The van der Waals surface area contributed by atoms with Gasteiger partial charge >= 0.3 is 0 Å². The highest BCUT2D eigenvalue weighted by Crippen LogP contribution is 2.18. The molecule has 0 spiro atoms. The van der Waals surface area contributed by atoms with Crippen molar-refractivity contribution in [3.8, 4) is 0 Å². The summed E-state index contributed by atoms with van der Waals surface area (Å²) in [6.07, 6.45) is 2.01. The molecular weight excluding hydrogens is 247 g/mol. The van der Waals surface area contributed by atoms with E-state index >= 15 is 0 Å². The quantitative estimate of drug-likeness (QED) is 0.866.